The van der Waals surface area contributed by atoms with Gasteiger partial charge in [-0.2, -0.15) is 5.26 Å². The van der Waals surface area contributed by atoms with Gasteiger partial charge in [0.05, 0.1) is 21.1 Å². The predicted octanol–water partition coefficient (Wildman–Crippen LogP) is 6.28. The second-order valence-corrected chi connectivity index (χ2v) is 7.59. The zero-order valence-corrected chi connectivity index (χ0v) is 17.4. The number of halogens is 1. The minimum absolute atomic E-state index is 0.476. The molecule has 29 heavy (non-hydrogen) atoms. The molecule has 0 saturated carbocycles. The van der Waals surface area contributed by atoms with Gasteiger partial charge in [0.2, 0.25) is 0 Å². The number of fused-ring (bicyclic) bond motifs is 1. The summed E-state index contributed by atoms with van der Waals surface area (Å²) in [6.45, 7) is 2.52. The summed E-state index contributed by atoms with van der Waals surface area (Å²) < 4.78 is 6.73. The van der Waals surface area contributed by atoms with Gasteiger partial charge in [0.1, 0.15) is 24.3 Å². The summed E-state index contributed by atoms with van der Waals surface area (Å²) >= 11 is 3.56. The van der Waals surface area contributed by atoms with Crippen molar-refractivity contribution in [1.82, 2.24) is 9.97 Å². The van der Waals surface area contributed by atoms with Gasteiger partial charge in [0, 0.05) is 0 Å². The van der Waals surface area contributed by atoms with Crippen molar-refractivity contribution in [3.8, 4) is 11.8 Å². The summed E-state index contributed by atoms with van der Waals surface area (Å²) in [7, 11) is 0. The van der Waals surface area contributed by atoms with Crippen LogP contribution in [0, 0.1) is 18.3 Å². The van der Waals surface area contributed by atoms with Crippen LogP contribution in [0.5, 0.6) is 5.75 Å². The van der Waals surface area contributed by atoms with Crippen LogP contribution < -0.4 is 4.74 Å². The van der Waals surface area contributed by atoms with Crippen LogP contribution in [-0.4, -0.2) is 9.97 Å². The average Bonchev–Trinajstić information content (AvgIpc) is 3.15. The monoisotopic (exact) mass is 443 g/mol. The molecular weight excluding hydrogens is 426 g/mol. The van der Waals surface area contributed by atoms with E-state index in [9.17, 15) is 5.26 Å². The van der Waals surface area contributed by atoms with Crippen LogP contribution in [0.4, 0.5) is 0 Å². The fourth-order valence-corrected chi connectivity index (χ4v) is 3.54. The minimum Gasteiger partial charge on any atom is -0.488 e. The Hall–Kier alpha value is -3.36. The molecule has 0 bridgehead atoms. The molecule has 0 fully saturated rings. The lowest BCUT2D eigenvalue weighted by atomic mass is 10.1. The molecule has 0 radical (unpaired) electrons. The standard InChI is InChI=1S/C24H18BrN3O/c1-16-7-9-21-22(11-16)28-24(27-21)19(14-26)12-18-8-10-23(20(25)13-18)29-15-17-5-3-2-4-6-17/h2-13H,15H2,1H3,(H,27,28). The normalized spacial score (nSPS) is 11.4. The highest BCUT2D eigenvalue weighted by Crippen LogP contribution is 2.29. The second kappa shape index (κ2) is 8.34. The third-order valence-electron chi connectivity index (χ3n) is 4.52. The number of benzene rings is 3. The zero-order valence-electron chi connectivity index (χ0n) is 15.8. The quantitative estimate of drug-likeness (QED) is 0.369. The Balaban J connectivity index is 1.57. The number of ether oxygens (including phenoxy) is 1. The van der Waals surface area contributed by atoms with Gasteiger partial charge in [-0.1, -0.05) is 42.5 Å². The summed E-state index contributed by atoms with van der Waals surface area (Å²) in [5.41, 5.74) is 5.38. The van der Waals surface area contributed by atoms with Gasteiger partial charge in [-0.05, 0) is 69.9 Å². The van der Waals surface area contributed by atoms with Crippen LogP contribution in [-0.2, 0) is 6.61 Å². The SMILES string of the molecule is Cc1ccc2nc(C(C#N)=Cc3ccc(OCc4ccccc4)c(Br)c3)[nH]c2c1. The third-order valence-corrected chi connectivity index (χ3v) is 5.14. The maximum atomic E-state index is 9.64. The Morgan fingerprint density at radius 1 is 1.14 bits per heavy atom. The van der Waals surface area contributed by atoms with Gasteiger partial charge >= 0.3 is 0 Å². The lowest BCUT2D eigenvalue weighted by molar-refractivity contribution is 0.304. The van der Waals surface area contributed by atoms with Gasteiger partial charge in [-0.15, -0.1) is 0 Å². The first-order chi connectivity index (χ1) is 14.1. The van der Waals surface area contributed by atoms with Crippen molar-refractivity contribution >= 4 is 38.6 Å². The highest BCUT2D eigenvalue weighted by Gasteiger charge is 2.09. The first kappa shape index (κ1) is 19.0. The fraction of sp³-hybridized carbons (Fsp3) is 0.0833. The molecule has 1 heterocycles. The highest BCUT2D eigenvalue weighted by molar-refractivity contribution is 9.10. The van der Waals surface area contributed by atoms with E-state index < -0.39 is 0 Å². The van der Waals surface area contributed by atoms with Crippen molar-refractivity contribution in [1.29, 1.82) is 5.26 Å². The lowest BCUT2D eigenvalue weighted by Gasteiger charge is -2.09. The molecule has 4 aromatic rings. The number of aryl methyl sites for hydroxylation is 1. The molecule has 0 amide bonds. The molecule has 1 N–H and O–H groups in total. The van der Waals surface area contributed by atoms with Crippen molar-refractivity contribution in [2.24, 2.45) is 0 Å². The summed E-state index contributed by atoms with van der Waals surface area (Å²) in [5, 5.41) is 9.64. The molecule has 142 valence electrons. The van der Waals surface area contributed by atoms with Crippen LogP contribution in [0.3, 0.4) is 0 Å². The lowest BCUT2D eigenvalue weighted by Crippen LogP contribution is -1.95. The summed E-state index contributed by atoms with van der Waals surface area (Å²) in [6.07, 6.45) is 1.82. The van der Waals surface area contributed by atoms with E-state index in [-0.39, 0.29) is 0 Å². The van der Waals surface area contributed by atoms with E-state index in [1.807, 2.05) is 79.7 Å². The number of nitrogens with one attached hydrogen (secondary N) is 1. The van der Waals surface area contributed by atoms with Crippen molar-refractivity contribution in [3.05, 3.63) is 93.7 Å². The van der Waals surface area contributed by atoms with Gasteiger partial charge in [-0.25, -0.2) is 4.98 Å². The first-order valence-corrected chi connectivity index (χ1v) is 9.96. The minimum atomic E-state index is 0.476. The van der Waals surface area contributed by atoms with E-state index in [1.165, 1.54) is 0 Å². The Morgan fingerprint density at radius 3 is 2.72 bits per heavy atom. The predicted molar refractivity (Wildman–Crippen MR) is 119 cm³/mol. The number of hydrogen-bond donors (Lipinski definition) is 1. The Labute approximate surface area is 177 Å². The summed E-state index contributed by atoms with van der Waals surface area (Å²) in [5.74, 6) is 1.32. The molecule has 1 aromatic heterocycles. The smallest absolute Gasteiger partial charge is 0.149 e. The van der Waals surface area contributed by atoms with Gasteiger partial charge < -0.3 is 9.72 Å². The number of rotatable bonds is 5. The number of nitriles is 1. The van der Waals surface area contributed by atoms with E-state index in [0.717, 1.165) is 37.9 Å². The van der Waals surface area contributed by atoms with Gasteiger partial charge in [-0.3, -0.25) is 0 Å². The molecule has 0 saturated heterocycles. The third kappa shape index (κ3) is 4.39. The van der Waals surface area contributed by atoms with Crippen LogP contribution in [0.25, 0.3) is 22.7 Å². The fourth-order valence-electron chi connectivity index (χ4n) is 3.03. The molecule has 0 unspecified atom stereocenters. The van der Waals surface area contributed by atoms with Crippen molar-refractivity contribution in [3.63, 3.8) is 0 Å². The molecule has 5 heteroatoms. The summed E-state index contributed by atoms with van der Waals surface area (Å²) in [6, 6.07) is 24.0. The van der Waals surface area contributed by atoms with E-state index in [0.29, 0.717) is 18.0 Å². The molecule has 4 nitrogen and oxygen atoms in total. The molecule has 0 spiro atoms. The van der Waals surface area contributed by atoms with Crippen LogP contribution in [0.1, 0.15) is 22.5 Å². The Morgan fingerprint density at radius 2 is 1.97 bits per heavy atom. The first-order valence-electron chi connectivity index (χ1n) is 9.17. The molecule has 0 atom stereocenters. The highest BCUT2D eigenvalue weighted by atomic mass is 79.9. The number of hydrogen-bond acceptors (Lipinski definition) is 3. The number of allylic oxidation sites excluding steroid dienone is 1. The Kier molecular flexibility index (Phi) is 5.46. The number of imidazole rings is 1. The van der Waals surface area contributed by atoms with E-state index in [1.54, 1.807) is 0 Å². The van der Waals surface area contributed by atoms with E-state index in [4.69, 9.17) is 4.74 Å². The maximum Gasteiger partial charge on any atom is 0.149 e. The van der Waals surface area contributed by atoms with Crippen LogP contribution in [0.2, 0.25) is 0 Å². The van der Waals surface area contributed by atoms with E-state index >= 15 is 0 Å². The topological polar surface area (TPSA) is 61.7 Å². The number of aromatic nitrogens is 2. The molecule has 0 aliphatic carbocycles. The zero-order chi connectivity index (χ0) is 20.2. The number of H-pyrrole nitrogens is 1. The largest absolute Gasteiger partial charge is 0.488 e. The molecule has 3 aromatic carbocycles. The molecule has 0 aliphatic heterocycles. The molecular formula is C24H18BrN3O. The molecule has 0 aliphatic rings. The Bertz CT molecular complexity index is 1240. The van der Waals surface area contributed by atoms with Crippen molar-refractivity contribution < 1.29 is 4.74 Å². The van der Waals surface area contributed by atoms with Crippen molar-refractivity contribution in [2.45, 2.75) is 13.5 Å². The van der Waals surface area contributed by atoms with Crippen LogP contribution >= 0.6 is 15.9 Å². The average molecular weight is 444 g/mol. The van der Waals surface area contributed by atoms with Gasteiger partial charge in [0.25, 0.3) is 0 Å². The summed E-state index contributed by atoms with van der Waals surface area (Å²) in [4.78, 5) is 7.78. The number of aromatic amines is 1. The maximum absolute atomic E-state index is 9.64. The van der Waals surface area contributed by atoms with Gasteiger partial charge in [0.15, 0.2) is 0 Å². The number of nitrogens with zero attached hydrogens (tertiary/aromatic N) is 2. The molecule has 4 rings (SSSR count). The van der Waals surface area contributed by atoms with Crippen molar-refractivity contribution in [2.75, 3.05) is 0 Å². The second-order valence-electron chi connectivity index (χ2n) is 6.74. The van der Waals surface area contributed by atoms with E-state index in [2.05, 4.69) is 32.0 Å². The van der Waals surface area contributed by atoms with Crippen LogP contribution in [0.15, 0.2) is 71.2 Å².